The standard InChI is InChI=1S/C19H17ClFN3O5S.C16H17N3O4S/c1-7-10(12(23-29-7)11-8(20)5-4-6-9(11)21)15(25)22-13-16(26)24-14(18(27)28)19(2,3)30-17(13)24;1-8-7-24-15-11(14(21)19(15)12(8)16(22)23)18-13(20)10(17)9-5-3-2-4-6-9/h4-6,13-14,17H,1-3H3,(H,22,25)(H,27,28);2-6,10-11,15H,7,17H2,1H3,(H,18,20)(H,22,23)/t13-,14+,17-;10?,11-,15-/m11/s1. The van der Waals surface area contributed by atoms with Crippen molar-refractivity contribution in [3.63, 3.8) is 0 Å². The Balaban J connectivity index is 0.000000189. The lowest BCUT2D eigenvalue weighted by Crippen LogP contribution is -2.71. The normalized spacial score (nSPS) is 24.2. The fourth-order valence-corrected chi connectivity index (χ4v) is 9.89. The Kier molecular flexibility index (Phi) is 10.6. The molecule has 284 valence electrons. The highest BCUT2D eigenvalue weighted by atomic mass is 35.5. The molecule has 4 aliphatic heterocycles. The lowest BCUT2D eigenvalue weighted by Gasteiger charge is -2.49. The minimum Gasteiger partial charge on any atom is -0.480 e. The van der Waals surface area contributed by atoms with E-state index in [-0.39, 0.29) is 33.3 Å². The fourth-order valence-electron chi connectivity index (χ4n) is 6.72. The Bertz CT molecular complexity index is 2090. The Morgan fingerprint density at radius 1 is 1.02 bits per heavy atom. The summed E-state index contributed by atoms with van der Waals surface area (Å²) in [6.07, 6.45) is 0. The van der Waals surface area contributed by atoms with Crippen molar-refractivity contribution in [2.24, 2.45) is 5.73 Å². The molecular weight excluding hydrogens is 767 g/mol. The largest absolute Gasteiger partial charge is 0.480 e. The molecule has 4 amide bonds. The number of carbonyl (C=O) groups is 6. The highest BCUT2D eigenvalue weighted by molar-refractivity contribution is 8.01. The maximum atomic E-state index is 14.4. The van der Waals surface area contributed by atoms with Crippen molar-refractivity contribution in [2.75, 3.05) is 5.75 Å². The van der Waals surface area contributed by atoms with Gasteiger partial charge in [-0.15, -0.1) is 23.5 Å². The molecule has 0 saturated carbocycles. The zero-order valence-corrected chi connectivity index (χ0v) is 31.4. The van der Waals surface area contributed by atoms with E-state index in [0.717, 1.165) is 0 Å². The second-order valence-corrected chi connectivity index (χ2v) is 16.6. The second kappa shape index (κ2) is 14.7. The van der Waals surface area contributed by atoms with Crippen molar-refractivity contribution in [1.82, 2.24) is 25.6 Å². The number of benzene rings is 2. The van der Waals surface area contributed by atoms with Crippen LogP contribution in [0.15, 0.2) is 64.3 Å². The number of rotatable bonds is 8. The second-order valence-electron chi connectivity index (χ2n) is 13.3. The molecule has 4 aliphatic rings. The average Bonchev–Trinajstić information content (AvgIpc) is 3.63. The molecule has 3 aromatic rings. The van der Waals surface area contributed by atoms with Gasteiger partial charge in [0.15, 0.2) is 0 Å². The van der Waals surface area contributed by atoms with E-state index in [4.69, 9.17) is 21.9 Å². The van der Waals surface area contributed by atoms with E-state index in [1.165, 1.54) is 58.4 Å². The first-order chi connectivity index (χ1) is 25.5. The van der Waals surface area contributed by atoms with Crippen molar-refractivity contribution >= 4 is 70.7 Å². The number of aromatic nitrogens is 1. The third kappa shape index (κ3) is 6.71. The number of halogens is 2. The van der Waals surface area contributed by atoms with Crippen molar-refractivity contribution in [3.05, 3.63) is 87.5 Å². The molecule has 0 radical (unpaired) electrons. The number of carboxylic acids is 2. The van der Waals surface area contributed by atoms with Gasteiger partial charge in [0.2, 0.25) is 11.8 Å². The third-order valence-corrected chi connectivity index (χ3v) is 12.7. The monoisotopic (exact) mass is 800 g/mol. The lowest BCUT2D eigenvalue weighted by atomic mass is 9.95. The van der Waals surface area contributed by atoms with Crippen molar-refractivity contribution in [1.29, 1.82) is 0 Å². The number of nitrogens with zero attached hydrogens (tertiary/aromatic N) is 3. The minimum atomic E-state index is -1.13. The molecule has 5 heterocycles. The average molecular weight is 801 g/mol. The van der Waals surface area contributed by atoms with Crippen LogP contribution in [0.1, 0.15) is 48.5 Å². The third-order valence-electron chi connectivity index (χ3n) is 9.35. The maximum absolute atomic E-state index is 14.4. The number of carbonyl (C=O) groups excluding carboxylic acids is 4. The smallest absolute Gasteiger partial charge is 0.352 e. The Hall–Kier alpha value is -4.91. The van der Waals surface area contributed by atoms with Crippen LogP contribution in [0.2, 0.25) is 5.02 Å². The number of aliphatic carboxylic acids is 2. The summed E-state index contributed by atoms with van der Waals surface area (Å²) in [5.74, 6) is -4.30. The van der Waals surface area contributed by atoms with Crippen LogP contribution < -0.4 is 16.4 Å². The van der Waals surface area contributed by atoms with E-state index in [1.807, 2.05) is 6.07 Å². The van der Waals surface area contributed by atoms with Crippen molar-refractivity contribution in [2.45, 2.75) is 67.4 Å². The van der Waals surface area contributed by atoms with Crippen LogP contribution in [0.5, 0.6) is 0 Å². The highest BCUT2D eigenvalue weighted by Gasteiger charge is 2.64. The summed E-state index contributed by atoms with van der Waals surface area (Å²) in [5, 5.41) is 27.0. The SMILES string of the molecule is CC1=C(C(=O)O)N2C(=O)[C@@H](NC(=O)C(N)c3ccccc3)[C@H]2SC1.Cc1onc(-c2c(F)cccc2Cl)c1C(=O)N[C@@H]1C(=O)N2[C@@H]1SC(C)(C)[C@@H]2C(=O)O. The molecule has 19 heteroatoms. The van der Waals surface area contributed by atoms with Gasteiger partial charge in [-0.3, -0.25) is 24.1 Å². The molecule has 7 rings (SSSR count). The highest BCUT2D eigenvalue weighted by Crippen LogP contribution is 2.51. The molecule has 0 spiro atoms. The molecule has 2 aromatic carbocycles. The number of fused-ring (bicyclic) bond motifs is 2. The van der Waals surface area contributed by atoms with Crippen molar-refractivity contribution < 1.29 is 47.9 Å². The van der Waals surface area contributed by atoms with Crippen LogP contribution in [0.25, 0.3) is 11.3 Å². The minimum absolute atomic E-state index is 0.0154. The summed E-state index contributed by atoms with van der Waals surface area (Å²) in [5.41, 5.74) is 7.05. The van der Waals surface area contributed by atoms with Crippen LogP contribution in [-0.2, 0) is 24.0 Å². The Morgan fingerprint density at radius 2 is 1.69 bits per heavy atom. The maximum Gasteiger partial charge on any atom is 0.352 e. The topological polar surface area (TPSA) is 225 Å². The van der Waals surface area contributed by atoms with Gasteiger partial charge < -0.3 is 36.0 Å². The first-order valence-corrected chi connectivity index (χ1v) is 18.7. The van der Waals surface area contributed by atoms with Gasteiger partial charge in [0.05, 0.1) is 10.6 Å². The molecule has 3 saturated heterocycles. The number of hydrogen-bond donors (Lipinski definition) is 5. The van der Waals surface area contributed by atoms with Crippen LogP contribution >= 0.6 is 35.1 Å². The van der Waals surface area contributed by atoms with Crippen LogP contribution in [0.4, 0.5) is 4.39 Å². The first-order valence-electron chi connectivity index (χ1n) is 16.4. The van der Waals surface area contributed by atoms with Crippen LogP contribution in [0.3, 0.4) is 0 Å². The zero-order chi connectivity index (χ0) is 39.4. The number of amides is 4. The number of nitrogens with two attached hydrogens (primary N) is 1. The molecule has 1 unspecified atom stereocenters. The van der Waals surface area contributed by atoms with Gasteiger partial charge in [-0.25, -0.2) is 14.0 Å². The van der Waals surface area contributed by atoms with E-state index in [2.05, 4.69) is 15.8 Å². The summed E-state index contributed by atoms with van der Waals surface area (Å²) in [7, 11) is 0. The van der Waals surface area contributed by atoms with Gasteiger partial charge >= 0.3 is 11.9 Å². The molecule has 6 atom stereocenters. The number of nitrogens with one attached hydrogen (secondary N) is 2. The van der Waals surface area contributed by atoms with E-state index in [0.29, 0.717) is 16.9 Å². The van der Waals surface area contributed by atoms with Gasteiger partial charge in [-0.2, -0.15) is 0 Å². The first kappa shape index (κ1) is 38.8. The molecule has 0 aliphatic carbocycles. The van der Waals surface area contributed by atoms with E-state index < -0.39 is 81.0 Å². The summed E-state index contributed by atoms with van der Waals surface area (Å²) < 4.78 is 18.7. The molecule has 0 bridgehead atoms. The lowest BCUT2D eigenvalue weighted by molar-refractivity contribution is -0.159. The molecule has 6 N–H and O–H groups in total. The number of hydrogen-bond acceptors (Lipinski definition) is 11. The summed E-state index contributed by atoms with van der Waals surface area (Å²) in [4.78, 5) is 75.7. The number of aryl methyl sites for hydroxylation is 1. The van der Waals surface area contributed by atoms with E-state index in [1.54, 1.807) is 45.0 Å². The van der Waals surface area contributed by atoms with E-state index in [9.17, 15) is 43.4 Å². The zero-order valence-electron chi connectivity index (χ0n) is 29.0. The molecular formula is C35H34ClFN6O9S2. The van der Waals surface area contributed by atoms with E-state index >= 15 is 0 Å². The molecule has 54 heavy (non-hydrogen) atoms. The Labute approximate surface area is 320 Å². The van der Waals surface area contributed by atoms with Gasteiger partial charge in [0.1, 0.15) is 63.4 Å². The van der Waals surface area contributed by atoms with Gasteiger partial charge in [-0.05, 0) is 51.0 Å². The predicted octanol–water partition coefficient (Wildman–Crippen LogP) is 3.13. The number of carboxylic acid groups (broad SMARTS) is 2. The number of thioether (sulfide) groups is 2. The number of β-lactam (4-membered cyclic amide) rings is 2. The van der Waals surface area contributed by atoms with Gasteiger partial charge in [-0.1, -0.05) is 53.2 Å². The summed E-state index contributed by atoms with van der Waals surface area (Å²) >= 11 is 8.83. The predicted molar refractivity (Wildman–Crippen MR) is 195 cm³/mol. The molecule has 3 fully saturated rings. The Morgan fingerprint density at radius 3 is 2.31 bits per heavy atom. The van der Waals surface area contributed by atoms with Gasteiger partial charge in [0, 0.05) is 10.5 Å². The van der Waals surface area contributed by atoms with Crippen LogP contribution in [0, 0.1) is 12.7 Å². The molecule has 1 aromatic heterocycles. The molecule has 15 nitrogen and oxygen atoms in total. The van der Waals surface area contributed by atoms with Gasteiger partial charge in [0.25, 0.3) is 11.8 Å². The quantitative estimate of drug-likeness (QED) is 0.207. The van der Waals surface area contributed by atoms with Crippen LogP contribution in [-0.4, -0.2) is 100 Å². The summed E-state index contributed by atoms with van der Waals surface area (Å²) in [6.45, 7) is 6.66. The van der Waals surface area contributed by atoms with Crippen molar-refractivity contribution in [3.8, 4) is 11.3 Å². The summed E-state index contributed by atoms with van der Waals surface area (Å²) in [6, 6.07) is 9.40. The fraction of sp³-hybridized carbons (Fsp3) is 0.343.